The van der Waals surface area contributed by atoms with Crippen molar-refractivity contribution in [2.45, 2.75) is 6.54 Å². The van der Waals surface area contributed by atoms with Crippen LogP contribution in [0, 0.1) is 0 Å². The zero-order chi connectivity index (χ0) is 15.5. The van der Waals surface area contributed by atoms with Crippen LogP contribution in [0.1, 0.15) is 11.1 Å². The maximum atomic E-state index is 4.36. The quantitative estimate of drug-likeness (QED) is 0.544. The van der Waals surface area contributed by atoms with Gasteiger partial charge in [-0.2, -0.15) is 5.10 Å². The van der Waals surface area contributed by atoms with Crippen LogP contribution in [-0.2, 0) is 6.54 Å². The van der Waals surface area contributed by atoms with E-state index in [4.69, 9.17) is 0 Å². The molecule has 0 fully saturated rings. The number of nitrogens with zero attached hydrogens (tertiary/aromatic N) is 5. The standard InChI is InChI=1S/C18H15N5/c1-2-6-15(7-3-1)11-22-12-16(10-21-23-13-19-20-14-23)17-8-4-5-9-18(17)22/h1-10,12-14H,11H2. The fourth-order valence-electron chi connectivity index (χ4n) is 2.67. The highest BCUT2D eigenvalue weighted by Crippen LogP contribution is 2.21. The fourth-order valence-corrected chi connectivity index (χ4v) is 2.67. The van der Waals surface area contributed by atoms with E-state index in [1.807, 2.05) is 18.3 Å². The van der Waals surface area contributed by atoms with Crippen LogP contribution >= 0.6 is 0 Å². The first-order valence-electron chi connectivity index (χ1n) is 7.41. The fraction of sp³-hybridized carbons (Fsp3) is 0.0556. The van der Waals surface area contributed by atoms with Gasteiger partial charge in [-0.1, -0.05) is 48.5 Å². The Bertz CT molecular complexity index is 936. The molecule has 112 valence electrons. The van der Waals surface area contributed by atoms with Crippen molar-refractivity contribution in [1.82, 2.24) is 19.4 Å². The van der Waals surface area contributed by atoms with Crippen LogP contribution in [0.25, 0.3) is 10.9 Å². The number of aromatic nitrogens is 4. The van der Waals surface area contributed by atoms with E-state index >= 15 is 0 Å². The van der Waals surface area contributed by atoms with Gasteiger partial charge in [0.05, 0.1) is 6.21 Å². The van der Waals surface area contributed by atoms with Crippen molar-refractivity contribution in [1.29, 1.82) is 0 Å². The third-order valence-electron chi connectivity index (χ3n) is 3.75. The Kier molecular flexibility index (Phi) is 3.44. The summed E-state index contributed by atoms with van der Waals surface area (Å²) in [6.45, 7) is 0.835. The predicted molar refractivity (Wildman–Crippen MR) is 90.5 cm³/mol. The molecule has 0 saturated heterocycles. The van der Waals surface area contributed by atoms with Crippen molar-refractivity contribution >= 4 is 17.1 Å². The lowest BCUT2D eigenvalue weighted by atomic mass is 10.2. The number of rotatable bonds is 4. The summed E-state index contributed by atoms with van der Waals surface area (Å²) in [5.41, 5.74) is 3.54. The molecule has 0 aliphatic heterocycles. The summed E-state index contributed by atoms with van der Waals surface area (Å²) in [5.74, 6) is 0. The summed E-state index contributed by atoms with van der Waals surface area (Å²) in [5, 5.41) is 13.0. The molecule has 0 aliphatic rings. The molecule has 0 saturated carbocycles. The summed E-state index contributed by atoms with van der Waals surface area (Å²) in [6, 6.07) is 18.8. The van der Waals surface area contributed by atoms with E-state index < -0.39 is 0 Å². The van der Waals surface area contributed by atoms with Crippen molar-refractivity contribution in [3.8, 4) is 0 Å². The van der Waals surface area contributed by atoms with Crippen molar-refractivity contribution in [2.24, 2.45) is 5.10 Å². The lowest BCUT2D eigenvalue weighted by Gasteiger charge is -2.05. The minimum atomic E-state index is 0.835. The van der Waals surface area contributed by atoms with Crippen LogP contribution in [0.3, 0.4) is 0 Å². The summed E-state index contributed by atoms with van der Waals surface area (Å²) < 4.78 is 3.83. The van der Waals surface area contributed by atoms with Gasteiger partial charge in [-0.15, -0.1) is 10.2 Å². The molecule has 0 amide bonds. The van der Waals surface area contributed by atoms with E-state index in [-0.39, 0.29) is 0 Å². The van der Waals surface area contributed by atoms with E-state index in [0.717, 1.165) is 12.1 Å². The Morgan fingerprint density at radius 3 is 2.48 bits per heavy atom. The molecule has 2 heterocycles. The van der Waals surface area contributed by atoms with E-state index in [1.165, 1.54) is 16.5 Å². The van der Waals surface area contributed by atoms with Crippen LogP contribution in [0.4, 0.5) is 0 Å². The van der Waals surface area contributed by atoms with Crippen molar-refractivity contribution in [3.63, 3.8) is 0 Å². The Morgan fingerprint density at radius 1 is 0.913 bits per heavy atom. The van der Waals surface area contributed by atoms with Gasteiger partial charge >= 0.3 is 0 Å². The molecule has 0 bridgehead atoms. The van der Waals surface area contributed by atoms with Gasteiger partial charge in [0.1, 0.15) is 12.7 Å². The van der Waals surface area contributed by atoms with Gasteiger partial charge in [0.2, 0.25) is 0 Å². The lowest BCUT2D eigenvalue weighted by molar-refractivity contribution is 0.835. The summed E-state index contributed by atoms with van der Waals surface area (Å²) in [7, 11) is 0. The third kappa shape index (κ3) is 2.76. The smallest absolute Gasteiger partial charge is 0.141 e. The maximum absolute atomic E-state index is 4.36. The molecular weight excluding hydrogens is 286 g/mol. The van der Waals surface area contributed by atoms with Crippen LogP contribution < -0.4 is 0 Å². The number of fused-ring (bicyclic) bond motifs is 1. The number of para-hydroxylation sites is 1. The third-order valence-corrected chi connectivity index (χ3v) is 3.75. The summed E-state index contributed by atoms with van der Waals surface area (Å²) in [6.07, 6.45) is 7.11. The van der Waals surface area contributed by atoms with Crippen LogP contribution in [0.5, 0.6) is 0 Å². The van der Waals surface area contributed by atoms with E-state index in [0.29, 0.717) is 0 Å². The van der Waals surface area contributed by atoms with Crippen LogP contribution in [-0.4, -0.2) is 25.7 Å². The highest BCUT2D eigenvalue weighted by atomic mass is 15.4. The molecule has 0 atom stereocenters. The molecule has 4 aromatic rings. The van der Waals surface area contributed by atoms with Gasteiger partial charge in [0.15, 0.2) is 0 Å². The minimum Gasteiger partial charge on any atom is -0.342 e. The van der Waals surface area contributed by atoms with Crippen LogP contribution in [0.2, 0.25) is 0 Å². The monoisotopic (exact) mass is 301 g/mol. The number of hydrogen-bond donors (Lipinski definition) is 0. The lowest BCUT2D eigenvalue weighted by Crippen LogP contribution is -1.97. The Morgan fingerprint density at radius 2 is 1.65 bits per heavy atom. The minimum absolute atomic E-state index is 0.835. The van der Waals surface area contributed by atoms with Crippen molar-refractivity contribution in [2.75, 3.05) is 0 Å². The number of benzene rings is 2. The van der Waals surface area contributed by atoms with E-state index in [1.54, 1.807) is 17.3 Å². The zero-order valence-electron chi connectivity index (χ0n) is 12.4. The predicted octanol–water partition coefficient (Wildman–Crippen LogP) is 3.16. The van der Waals surface area contributed by atoms with Gasteiger partial charge < -0.3 is 4.57 Å². The first kappa shape index (κ1) is 13.5. The second kappa shape index (κ2) is 5.88. The molecule has 4 rings (SSSR count). The molecule has 0 N–H and O–H groups in total. The average molecular weight is 301 g/mol. The Balaban J connectivity index is 1.74. The zero-order valence-corrected chi connectivity index (χ0v) is 12.4. The highest BCUT2D eigenvalue weighted by Gasteiger charge is 2.07. The topological polar surface area (TPSA) is 48.0 Å². The largest absolute Gasteiger partial charge is 0.342 e. The Hall–Kier alpha value is -3.21. The molecule has 2 aromatic heterocycles. The van der Waals surface area contributed by atoms with Gasteiger partial charge in [-0.3, -0.25) is 0 Å². The Labute approximate surface area is 133 Å². The molecule has 5 heteroatoms. The SMILES string of the molecule is C(=Nn1cnnc1)c1cn(Cc2ccccc2)c2ccccc12. The summed E-state index contributed by atoms with van der Waals surface area (Å²) in [4.78, 5) is 0. The molecule has 0 aliphatic carbocycles. The first-order chi connectivity index (χ1) is 11.4. The first-order valence-corrected chi connectivity index (χ1v) is 7.41. The van der Waals surface area contributed by atoms with Crippen LogP contribution in [0.15, 0.2) is 78.6 Å². The highest BCUT2D eigenvalue weighted by molar-refractivity contribution is 5.99. The molecule has 0 radical (unpaired) electrons. The molecule has 23 heavy (non-hydrogen) atoms. The van der Waals surface area contributed by atoms with E-state index in [9.17, 15) is 0 Å². The molecule has 5 nitrogen and oxygen atoms in total. The second-order valence-corrected chi connectivity index (χ2v) is 5.30. The molecule has 0 unspecified atom stereocenters. The molecule has 2 aromatic carbocycles. The number of hydrogen-bond acceptors (Lipinski definition) is 3. The normalized spacial score (nSPS) is 11.5. The van der Waals surface area contributed by atoms with Gasteiger partial charge in [-0.05, 0) is 11.6 Å². The van der Waals surface area contributed by atoms with Gasteiger partial charge in [0, 0.05) is 29.2 Å². The van der Waals surface area contributed by atoms with E-state index in [2.05, 4.69) is 68.5 Å². The van der Waals surface area contributed by atoms with Gasteiger partial charge in [0.25, 0.3) is 0 Å². The summed E-state index contributed by atoms with van der Waals surface area (Å²) >= 11 is 0. The van der Waals surface area contributed by atoms with Gasteiger partial charge in [-0.25, -0.2) is 4.68 Å². The average Bonchev–Trinajstić information content (AvgIpc) is 3.23. The van der Waals surface area contributed by atoms with Crippen molar-refractivity contribution in [3.05, 3.63) is 84.6 Å². The second-order valence-electron chi connectivity index (χ2n) is 5.30. The van der Waals surface area contributed by atoms with Crippen molar-refractivity contribution < 1.29 is 0 Å². The molecular formula is C18H15N5. The molecule has 0 spiro atoms. The maximum Gasteiger partial charge on any atom is 0.141 e.